The quantitative estimate of drug-likeness (QED) is 0.697. The van der Waals surface area contributed by atoms with Crippen molar-refractivity contribution in [2.45, 2.75) is 58.4 Å². The van der Waals surface area contributed by atoms with E-state index in [1.807, 2.05) is 13.8 Å². The zero-order valence-corrected chi connectivity index (χ0v) is 18.3. The van der Waals surface area contributed by atoms with Crippen LogP contribution in [0.3, 0.4) is 0 Å². The Morgan fingerprint density at radius 1 is 1.14 bits per heavy atom. The summed E-state index contributed by atoms with van der Waals surface area (Å²) in [5.74, 6) is 0.436. The summed E-state index contributed by atoms with van der Waals surface area (Å²) in [7, 11) is -3.70. The van der Waals surface area contributed by atoms with Gasteiger partial charge >= 0.3 is 10.2 Å². The highest BCUT2D eigenvalue weighted by Gasteiger charge is 2.36. The van der Waals surface area contributed by atoms with Gasteiger partial charge in [-0.1, -0.05) is 12.8 Å². The van der Waals surface area contributed by atoms with Crippen LogP contribution in [0.1, 0.15) is 52.4 Å². The van der Waals surface area contributed by atoms with Crippen LogP contribution in [0.25, 0.3) is 0 Å². The van der Waals surface area contributed by atoms with Crippen LogP contribution < -0.4 is 14.4 Å². The van der Waals surface area contributed by atoms with E-state index in [9.17, 15) is 13.2 Å². The summed E-state index contributed by atoms with van der Waals surface area (Å²) in [6.45, 7) is 5.31. The molecular formula is C21H33N3O4S. The summed E-state index contributed by atoms with van der Waals surface area (Å²) in [5.41, 5.74) is 0.605. The molecule has 7 nitrogen and oxygen atoms in total. The molecule has 1 atom stereocenters. The Labute approximate surface area is 174 Å². The van der Waals surface area contributed by atoms with Crippen LogP contribution in [0.2, 0.25) is 0 Å². The van der Waals surface area contributed by atoms with Crippen molar-refractivity contribution in [3.63, 3.8) is 0 Å². The number of anilines is 1. The lowest BCUT2D eigenvalue weighted by Gasteiger charge is -2.35. The Hall–Kier alpha value is -1.80. The summed E-state index contributed by atoms with van der Waals surface area (Å²) >= 11 is 0. The summed E-state index contributed by atoms with van der Waals surface area (Å²) in [5, 5.41) is 3.13. The van der Waals surface area contributed by atoms with Crippen LogP contribution in [-0.2, 0) is 15.0 Å². The highest BCUT2D eigenvalue weighted by atomic mass is 32.2. The predicted molar refractivity (Wildman–Crippen MR) is 114 cm³/mol. The summed E-state index contributed by atoms with van der Waals surface area (Å²) in [6, 6.07) is 7.35. The predicted octanol–water partition coefficient (Wildman–Crippen LogP) is 2.93. The minimum Gasteiger partial charge on any atom is -0.494 e. The second kappa shape index (κ2) is 9.80. The molecule has 2 aliphatic rings. The molecule has 0 bridgehead atoms. The Morgan fingerprint density at radius 2 is 1.83 bits per heavy atom. The van der Waals surface area contributed by atoms with Gasteiger partial charge < -0.3 is 10.1 Å². The van der Waals surface area contributed by atoms with Gasteiger partial charge in [0.05, 0.1) is 18.2 Å². The molecule has 8 heteroatoms. The monoisotopic (exact) mass is 423 g/mol. The molecule has 29 heavy (non-hydrogen) atoms. The summed E-state index contributed by atoms with van der Waals surface area (Å²) < 4.78 is 35.0. The third-order valence-corrected chi connectivity index (χ3v) is 7.79. The summed E-state index contributed by atoms with van der Waals surface area (Å²) in [4.78, 5) is 12.7. The third-order valence-electron chi connectivity index (χ3n) is 5.78. The Balaban J connectivity index is 1.69. The average molecular weight is 424 g/mol. The Kier molecular flexibility index (Phi) is 7.40. The minimum atomic E-state index is -3.70. The Bertz CT molecular complexity index is 776. The Morgan fingerprint density at radius 3 is 2.45 bits per heavy atom. The number of benzene rings is 1. The van der Waals surface area contributed by atoms with Gasteiger partial charge in [-0.15, -0.1) is 0 Å². The first-order valence-electron chi connectivity index (χ1n) is 10.8. The fraction of sp³-hybridized carbons (Fsp3) is 0.667. The van der Waals surface area contributed by atoms with E-state index >= 15 is 0 Å². The maximum atomic E-state index is 13.3. The zero-order chi connectivity index (χ0) is 20.9. The number of amides is 1. The molecule has 1 aromatic carbocycles. The van der Waals surface area contributed by atoms with Gasteiger partial charge in [0, 0.05) is 25.7 Å². The molecule has 1 aliphatic carbocycles. The second-order valence-corrected chi connectivity index (χ2v) is 9.64. The number of piperidine rings is 1. The highest BCUT2D eigenvalue weighted by molar-refractivity contribution is 7.90. The number of hydrogen-bond acceptors (Lipinski definition) is 4. The maximum Gasteiger partial charge on any atom is 0.304 e. The smallest absolute Gasteiger partial charge is 0.304 e. The largest absolute Gasteiger partial charge is 0.494 e. The molecule has 1 amide bonds. The average Bonchev–Trinajstić information content (AvgIpc) is 3.23. The summed E-state index contributed by atoms with van der Waals surface area (Å²) in [6.07, 6.45) is 5.81. The topological polar surface area (TPSA) is 79.0 Å². The van der Waals surface area contributed by atoms with Gasteiger partial charge in [0.2, 0.25) is 5.91 Å². The number of rotatable bonds is 8. The molecule has 0 unspecified atom stereocenters. The van der Waals surface area contributed by atoms with Crippen molar-refractivity contribution in [3.8, 4) is 5.75 Å². The standard InChI is InChI=1S/C21H33N3O4S/c1-3-24(19-11-13-20(14-12-19)28-4-2)29(26,27)23-15-7-8-17(16-23)21(25)22-18-9-5-6-10-18/h11-14,17-18H,3-10,15-16H2,1-2H3,(H,22,25)/t17-/m1/s1. The lowest BCUT2D eigenvalue weighted by atomic mass is 9.98. The van der Waals surface area contributed by atoms with Crippen molar-refractivity contribution < 1.29 is 17.9 Å². The lowest BCUT2D eigenvalue weighted by Crippen LogP contribution is -2.51. The number of hydrogen-bond donors (Lipinski definition) is 1. The van der Waals surface area contributed by atoms with Gasteiger partial charge in [0.15, 0.2) is 0 Å². The fourth-order valence-corrected chi connectivity index (χ4v) is 5.97. The van der Waals surface area contributed by atoms with Crippen molar-refractivity contribution >= 4 is 21.8 Å². The molecule has 1 aliphatic heterocycles. The molecule has 0 radical (unpaired) electrons. The molecule has 162 valence electrons. The number of carbonyl (C=O) groups excluding carboxylic acids is 1. The number of nitrogens with one attached hydrogen (secondary N) is 1. The molecule has 3 rings (SSSR count). The molecule has 1 heterocycles. The second-order valence-electron chi connectivity index (χ2n) is 7.79. The van der Waals surface area contributed by atoms with Crippen molar-refractivity contribution in [1.29, 1.82) is 0 Å². The van der Waals surface area contributed by atoms with Crippen molar-refractivity contribution in [3.05, 3.63) is 24.3 Å². The molecular weight excluding hydrogens is 390 g/mol. The lowest BCUT2D eigenvalue weighted by molar-refractivity contribution is -0.126. The SMILES string of the molecule is CCOc1ccc(N(CC)S(=O)(=O)N2CCC[C@@H](C(=O)NC3CCCC3)C2)cc1. The minimum absolute atomic E-state index is 0.000848. The molecule has 1 saturated heterocycles. The third kappa shape index (κ3) is 5.22. The molecule has 2 fully saturated rings. The molecule has 1 saturated carbocycles. The van der Waals surface area contributed by atoms with Crippen LogP contribution in [0, 0.1) is 5.92 Å². The zero-order valence-electron chi connectivity index (χ0n) is 17.5. The van der Waals surface area contributed by atoms with E-state index in [2.05, 4.69) is 5.32 Å². The molecule has 1 aromatic rings. The first kappa shape index (κ1) is 21.9. The normalized spacial score (nSPS) is 21.1. The van der Waals surface area contributed by atoms with E-state index in [0.717, 1.165) is 32.1 Å². The van der Waals surface area contributed by atoms with Crippen molar-refractivity contribution in [1.82, 2.24) is 9.62 Å². The van der Waals surface area contributed by atoms with Gasteiger partial charge in [-0.2, -0.15) is 12.7 Å². The van der Waals surface area contributed by atoms with E-state index in [1.165, 1.54) is 8.61 Å². The first-order valence-corrected chi connectivity index (χ1v) is 12.2. The van der Waals surface area contributed by atoms with Crippen LogP contribution in [0.4, 0.5) is 5.69 Å². The van der Waals surface area contributed by atoms with Gasteiger partial charge in [0.1, 0.15) is 5.75 Å². The van der Waals surface area contributed by atoms with E-state index in [1.54, 1.807) is 24.3 Å². The van der Waals surface area contributed by atoms with Crippen molar-refractivity contribution in [2.24, 2.45) is 5.92 Å². The fourth-order valence-electron chi connectivity index (χ4n) is 4.25. The number of carbonyl (C=O) groups is 1. The first-order chi connectivity index (χ1) is 14.0. The maximum absolute atomic E-state index is 13.3. The van der Waals surface area contributed by atoms with Crippen LogP contribution >= 0.6 is 0 Å². The number of nitrogens with zero attached hydrogens (tertiary/aromatic N) is 2. The van der Waals surface area contributed by atoms with Gasteiger partial charge in [-0.05, 0) is 63.8 Å². The molecule has 0 spiro atoms. The van der Waals surface area contributed by atoms with Crippen LogP contribution in [0.15, 0.2) is 24.3 Å². The van der Waals surface area contributed by atoms with E-state index in [4.69, 9.17) is 4.74 Å². The molecule has 1 N–H and O–H groups in total. The van der Waals surface area contributed by atoms with E-state index in [-0.39, 0.29) is 24.4 Å². The van der Waals surface area contributed by atoms with Crippen LogP contribution in [-0.4, -0.2) is 50.9 Å². The van der Waals surface area contributed by atoms with E-state index in [0.29, 0.717) is 37.6 Å². The van der Waals surface area contributed by atoms with Gasteiger partial charge in [-0.3, -0.25) is 9.10 Å². The van der Waals surface area contributed by atoms with Crippen LogP contribution in [0.5, 0.6) is 5.75 Å². The molecule has 0 aromatic heterocycles. The van der Waals surface area contributed by atoms with E-state index < -0.39 is 10.2 Å². The van der Waals surface area contributed by atoms with Gasteiger partial charge in [0.25, 0.3) is 0 Å². The highest BCUT2D eigenvalue weighted by Crippen LogP contribution is 2.27. The van der Waals surface area contributed by atoms with Gasteiger partial charge in [-0.25, -0.2) is 0 Å². The van der Waals surface area contributed by atoms with Crippen molar-refractivity contribution in [2.75, 3.05) is 30.5 Å². The number of ether oxygens (including phenoxy) is 1.